The normalized spacial score (nSPS) is 21.6. The molecule has 2 aliphatic carbocycles. The molecule has 3 aromatic heterocycles. The number of hydrogen-bond acceptors (Lipinski definition) is 10. The maximum absolute atomic E-state index is 13.2. The molecule has 2 aliphatic heterocycles. The Morgan fingerprint density at radius 1 is 0.833 bits per heavy atom. The summed E-state index contributed by atoms with van der Waals surface area (Å²) in [6, 6.07) is 5.76. The summed E-state index contributed by atoms with van der Waals surface area (Å²) in [5, 5.41) is 3.50. The van der Waals surface area contributed by atoms with Gasteiger partial charge >= 0.3 is 18.3 Å². The number of nitrogens with one attached hydrogen (secondary N) is 1. The van der Waals surface area contributed by atoms with E-state index in [1.807, 2.05) is 0 Å². The Labute approximate surface area is 336 Å². The Kier molecular flexibility index (Phi) is 11.1. The molecule has 20 heteroatoms. The van der Waals surface area contributed by atoms with Gasteiger partial charge in [-0.15, -0.1) is 0 Å². The second kappa shape index (κ2) is 15.8. The molecule has 320 valence electrons. The molecule has 14 nitrogen and oxygen atoms in total. The predicted octanol–water partition coefficient (Wildman–Crippen LogP) is 6.43. The van der Waals surface area contributed by atoms with Crippen molar-refractivity contribution < 1.29 is 59.1 Å². The standard InChI is InChI=1S/C19H16F3N3O3.C12H10F3NO3.C9H14N2O2/c1-24-8-14-23-15-11-6-5-9(19(20,21)22)7-13(11)28-16(15)18(27)25(14)12-4-2-3-10(12)17(24)26;1-2-18-11(17)10-9(16)7-4-3-6(12(13,14)15)5-8(7)19-10;1-11-5-8(12)10-7-4-2-3-6(7)9(11)13/h5-7,10,12H,2-4,8H2,1H3;3-5H,2,16H2,1H3;6-7H,2-5H2,1H3,(H,10,12)/t10-,12+;;6-,7-/m0.1/s1. The minimum atomic E-state index is -4.51. The number of alkyl halides is 6. The number of aromatic nitrogens is 2. The molecule has 4 atom stereocenters. The topological polar surface area (TPSA) is 183 Å². The van der Waals surface area contributed by atoms with E-state index in [1.165, 1.54) is 21.6 Å². The third kappa shape index (κ3) is 7.85. The third-order valence-corrected chi connectivity index (χ3v) is 11.3. The summed E-state index contributed by atoms with van der Waals surface area (Å²) in [7, 11) is 3.37. The molecular formula is C40H40F6N6O8. The summed E-state index contributed by atoms with van der Waals surface area (Å²) in [5.41, 5.74) is 3.51. The Morgan fingerprint density at radius 2 is 1.42 bits per heavy atom. The quantitative estimate of drug-likeness (QED) is 0.148. The number of nitrogens with two attached hydrogens (primary N) is 1. The van der Waals surface area contributed by atoms with Crippen LogP contribution in [-0.4, -0.2) is 76.3 Å². The molecule has 0 unspecified atom stereocenters. The average molecular weight is 847 g/mol. The Bertz CT molecular complexity index is 2580. The number of halogens is 6. The van der Waals surface area contributed by atoms with Gasteiger partial charge in [-0.05, 0) is 69.0 Å². The smallest absolute Gasteiger partial charge is 0.416 e. The van der Waals surface area contributed by atoms with Crippen LogP contribution in [0.25, 0.3) is 33.0 Å². The fourth-order valence-electron chi connectivity index (χ4n) is 8.39. The van der Waals surface area contributed by atoms with Crippen molar-refractivity contribution >= 4 is 62.4 Å². The van der Waals surface area contributed by atoms with Gasteiger partial charge in [0.05, 0.1) is 54.4 Å². The number of carbonyl (C=O) groups excluding carboxylic acids is 4. The van der Waals surface area contributed by atoms with Crippen LogP contribution >= 0.6 is 0 Å². The van der Waals surface area contributed by atoms with Crippen LogP contribution < -0.4 is 16.6 Å². The van der Waals surface area contributed by atoms with Gasteiger partial charge in [-0.1, -0.05) is 12.8 Å². The van der Waals surface area contributed by atoms with Gasteiger partial charge in [-0.25, -0.2) is 9.78 Å². The molecule has 3 amide bonds. The fourth-order valence-corrected chi connectivity index (χ4v) is 8.39. The SMILES string of the molecule is CCOC(=O)c1oc2cc(C(F)(F)F)ccc2c1N.CN1CC(=O)N[C@@H]2CCC[C@H]2C1=O.CN1Cc2nc3c(oc4cc(C(F)(F)F)ccc43)c(=O)n2[C@@H]2CCC[C@@H]2C1=O. The van der Waals surface area contributed by atoms with Gasteiger partial charge < -0.3 is 34.4 Å². The highest BCUT2D eigenvalue weighted by Crippen LogP contribution is 2.41. The molecule has 0 bridgehead atoms. The summed E-state index contributed by atoms with van der Waals surface area (Å²) >= 11 is 0. The highest BCUT2D eigenvalue weighted by molar-refractivity contribution is 6.04. The number of benzene rings is 2. The summed E-state index contributed by atoms with van der Waals surface area (Å²) in [6.45, 7) is 2.10. The first-order valence-electron chi connectivity index (χ1n) is 19.2. The third-order valence-electron chi connectivity index (χ3n) is 11.3. The van der Waals surface area contributed by atoms with Crippen LogP contribution in [0, 0.1) is 11.8 Å². The Hall–Kier alpha value is -6.08. The van der Waals surface area contributed by atoms with Crippen molar-refractivity contribution in [2.45, 2.75) is 76.4 Å². The Morgan fingerprint density at radius 3 is 2.07 bits per heavy atom. The largest absolute Gasteiger partial charge is 0.460 e. The zero-order valence-electron chi connectivity index (χ0n) is 32.5. The fraction of sp³-hybridized carbons (Fsp3) is 0.450. The number of amides is 3. The maximum Gasteiger partial charge on any atom is 0.416 e. The van der Waals surface area contributed by atoms with Crippen LogP contribution in [0.4, 0.5) is 32.0 Å². The van der Waals surface area contributed by atoms with Gasteiger partial charge in [0, 0.05) is 30.9 Å². The van der Waals surface area contributed by atoms with Crippen LogP contribution in [0.1, 0.15) is 79.0 Å². The van der Waals surface area contributed by atoms with Crippen molar-refractivity contribution in [1.82, 2.24) is 24.7 Å². The maximum atomic E-state index is 13.2. The van der Waals surface area contributed by atoms with Crippen molar-refractivity contribution in [2.75, 3.05) is 33.0 Å². The number of nitrogens with zero attached hydrogens (tertiary/aromatic N) is 4. The van der Waals surface area contributed by atoms with Gasteiger partial charge in [-0.3, -0.25) is 23.7 Å². The molecule has 1 saturated heterocycles. The monoisotopic (exact) mass is 846 g/mol. The first-order chi connectivity index (χ1) is 28.3. The van der Waals surface area contributed by atoms with Crippen LogP contribution in [-0.2, 0) is 38.0 Å². The zero-order chi connectivity index (χ0) is 43.4. The van der Waals surface area contributed by atoms with E-state index in [0.29, 0.717) is 24.1 Å². The van der Waals surface area contributed by atoms with Crippen LogP contribution in [0.5, 0.6) is 0 Å². The van der Waals surface area contributed by atoms with Gasteiger partial charge in [0.15, 0.2) is 0 Å². The van der Waals surface area contributed by atoms with E-state index in [1.54, 1.807) is 25.9 Å². The van der Waals surface area contributed by atoms with E-state index in [2.05, 4.69) is 10.3 Å². The minimum Gasteiger partial charge on any atom is -0.460 e. The van der Waals surface area contributed by atoms with Crippen LogP contribution in [0.15, 0.2) is 50.0 Å². The van der Waals surface area contributed by atoms with E-state index in [9.17, 15) is 50.3 Å². The average Bonchev–Trinajstić information content (AvgIpc) is 3.98. The second-order valence-corrected chi connectivity index (χ2v) is 15.2. The minimum absolute atomic E-state index is 0.0105. The molecule has 2 aromatic carbocycles. The van der Waals surface area contributed by atoms with Gasteiger partial charge in [0.25, 0.3) is 5.56 Å². The van der Waals surface area contributed by atoms with Crippen molar-refractivity contribution in [3.63, 3.8) is 0 Å². The lowest BCUT2D eigenvalue weighted by Gasteiger charge is -2.19. The van der Waals surface area contributed by atoms with Gasteiger partial charge in [0.1, 0.15) is 22.5 Å². The molecule has 5 heterocycles. The van der Waals surface area contributed by atoms with E-state index in [0.717, 1.165) is 49.9 Å². The zero-order valence-corrected chi connectivity index (χ0v) is 32.5. The van der Waals surface area contributed by atoms with Crippen molar-refractivity contribution in [1.29, 1.82) is 0 Å². The first-order valence-corrected chi connectivity index (χ1v) is 19.2. The highest BCUT2D eigenvalue weighted by Gasteiger charge is 2.42. The molecule has 3 N–H and O–H groups in total. The number of hydrogen-bond donors (Lipinski definition) is 2. The number of esters is 1. The predicted molar refractivity (Wildman–Crippen MR) is 202 cm³/mol. The lowest BCUT2D eigenvalue weighted by Crippen LogP contribution is -2.37. The summed E-state index contributed by atoms with van der Waals surface area (Å²) in [4.78, 5) is 68.0. The van der Waals surface area contributed by atoms with E-state index in [4.69, 9.17) is 19.3 Å². The molecule has 4 aliphatic rings. The molecule has 60 heavy (non-hydrogen) atoms. The lowest BCUT2D eigenvalue weighted by atomic mass is 10.0. The summed E-state index contributed by atoms with van der Waals surface area (Å²) < 4.78 is 93.4. The number of ether oxygens (including phenoxy) is 1. The van der Waals surface area contributed by atoms with Crippen molar-refractivity contribution in [3.05, 3.63) is 69.5 Å². The van der Waals surface area contributed by atoms with Gasteiger partial charge in [0.2, 0.25) is 29.1 Å². The number of rotatable bonds is 2. The van der Waals surface area contributed by atoms with E-state index >= 15 is 0 Å². The molecule has 5 aromatic rings. The number of likely N-dealkylation sites (N-methyl/N-ethyl adjacent to an activating group) is 1. The summed E-state index contributed by atoms with van der Waals surface area (Å²) in [6.07, 6.45) is -3.85. The van der Waals surface area contributed by atoms with Crippen LogP contribution in [0.3, 0.4) is 0 Å². The Balaban J connectivity index is 0.000000147. The number of fused-ring (bicyclic) bond motifs is 8. The molecule has 0 radical (unpaired) electrons. The number of carbonyl (C=O) groups is 4. The second-order valence-electron chi connectivity index (χ2n) is 15.2. The van der Waals surface area contributed by atoms with Crippen molar-refractivity contribution in [2.24, 2.45) is 11.8 Å². The van der Waals surface area contributed by atoms with Crippen molar-refractivity contribution in [3.8, 4) is 0 Å². The summed E-state index contributed by atoms with van der Waals surface area (Å²) in [5.74, 6) is -0.804. The molecule has 9 rings (SSSR count). The number of furan rings is 2. The number of nitrogen functional groups attached to an aromatic ring is 1. The van der Waals surface area contributed by atoms with E-state index in [-0.39, 0.29) is 100 Å². The molecule has 0 spiro atoms. The van der Waals surface area contributed by atoms with Gasteiger partial charge in [-0.2, -0.15) is 26.3 Å². The molecule has 3 fully saturated rings. The van der Waals surface area contributed by atoms with Crippen LogP contribution in [0.2, 0.25) is 0 Å². The molecular weight excluding hydrogens is 806 g/mol. The van der Waals surface area contributed by atoms with E-state index < -0.39 is 35.0 Å². The first kappa shape index (κ1) is 42.1. The highest BCUT2D eigenvalue weighted by atomic mass is 19.4. The molecule has 2 saturated carbocycles. The number of anilines is 1. The lowest BCUT2D eigenvalue weighted by molar-refractivity contribution is -0.138.